The fourth-order valence-electron chi connectivity index (χ4n) is 0.541. The lowest BCUT2D eigenvalue weighted by Crippen LogP contribution is -2.13. The van der Waals surface area contributed by atoms with Crippen molar-refractivity contribution in [3.05, 3.63) is 18.6 Å². The minimum Gasteiger partial charge on any atom is -0.310 e. The third-order valence-electron chi connectivity index (χ3n) is 0.971. The molecular weight excluding hydrogens is 210 g/mol. The van der Waals surface area contributed by atoms with E-state index in [2.05, 4.69) is 31.2 Å². The molecule has 0 radical (unpaired) electrons. The van der Waals surface area contributed by atoms with E-state index in [1.807, 2.05) is 0 Å². The maximum atomic E-state index is 10.8. The molecule has 0 bridgehead atoms. The second-order valence-electron chi connectivity index (χ2n) is 1.78. The maximum absolute atomic E-state index is 10.8. The van der Waals surface area contributed by atoms with Gasteiger partial charge in [-0.3, -0.25) is 4.79 Å². The van der Waals surface area contributed by atoms with E-state index < -0.39 is 0 Å². The molecule has 0 saturated carbocycles. The zero-order chi connectivity index (χ0) is 8.10. The predicted octanol–water partition coefficient (Wildman–Crippen LogP) is 0.810. The molecule has 0 saturated heterocycles. The number of alkyl halides is 1. The Labute approximate surface area is 72.2 Å². The van der Waals surface area contributed by atoms with Crippen LogP contribution in [-0.2, 0) is 4.79 Å². The molecule has 0 aliphatic rings. The van der Waals surface area contributed by atoms with Gasteiger partial charge in [0.1, 0.15) is 12.1 Å². The monoisotopic (exact) mass is 215 g/mol. The van der Waals surface area contributed by atoms with E-state index >= 15 is 0 Å². The second-order valence-corrected chi connectivity index (χ2v) is 2.34. The van der Waals surface area contributed by atoms with Gasteiger partial charge in [-0.25, -0.2) is 9.97 Å². The topological polar surface area (TPSA) is 54.9 Å². The lowest BCUT2D eigenvalue weighted by Gasteiger charge is -1.98. The SMILES string of the molecule is O=C(CBr)Nc1ccncn1. The van der Waals surface area contributed by atoms with Crippen molar-refractivity contribution in [1.29, 1.82) is 0 Å². The van der Waals surface area contributed by atoms with Gasteiger partial charge in [0.25, 0.3) is 0 Å². The molecule has 1 N–H and O–H groups in total. The number of nitrogens with zero attached hydrogens (tertiary/aromatic N) is 2. The summed E-state index contributed by atoms with van der Waals surface area (Å²) >= 11 is 3.02. The van der Waals surface area contributed by atoms with Crippen LogP contribution >= 0.6 is 15.9 Å². The van der Waals surface area contributed by atoms with Crippen LogP contribution in [0.1, 0.15) is 0 Å². The highest BCUT2D eigenvalue weighted by Gasteiger charge is 1.97. The number of hydrogen-bond acceptors (Lipinski definition) is 3. The van der Waals surface area contributed by atoms with Gasteiger partial charge in [-0.2, -0.15) is 0 Å². The minimum atomic E-state index is -0.122. The normalized spacial score (nSPS) is 9.18. The molecule has 1 rings (SSSR count). The van der Waals surface area contributed by atoms with Crippen LogP contribution < -0.4 is 5.32 Å². The fourth-order valence-corrected chi connectivity index (χ4v) is 0.681. The van der Waals surface area contributed by atoms with Gasteiger partial charge in [-0.15, -0.1) is 0 Å². The van der Waals surface area contributed by atoms with Crippen molar-refractivity contribution >= 4 is 27.7 Å². The maximum Gasteiger partial charge on any atom is 0.236 e. The van der Waals surface area contributed by atoms with Crippen molar-refractivity contribution < 1.29 is 4.79 Å². The number of hydrogen-bond donors (Lipinski definition) is 1. The Balaban J connectivity index is 2.58. The number of aromatic nitrogens is 2. The summed E-state index contributed by atoms with van der Waals surface area (Å²) in [6.07, 6.45) is 2.95. The zero-order valence-electron chi connectivity index (χ0n) is 5.62. The molecule has 1 amide bonds. The summed E-state index contributed by atoms with van der Waals surface area (Å²) in [6, 6.07) is 1.63. The molecule has 0 unspecified atom stereocenters. The summed E-state index contributed by atoms with van der Waals surface area (Å²) in [5, 5.41) is 2.83. The van der Waals surface area contributed by atoms with Crippen LogP contribution in [0.15, 0.2) is 18.6 Å². The first-order valence-corrected chi connectivity index (χ1v) is 4.07. The van der Waals surface area contributed by atoms with Crippen molar-refractivity contribution in [3.8, 4) is 0 Å². The van der Waals surface area contributed by atoms with Crippen LogP contribution in [0.4, 0.5) is 5.82 Å². The van der Waals surface area contributed by atoms with E-state index in [9.17, 15) is 4.79 Å². The Hall–Kier alpha value is -0.970. The van der Waals surface area contributed by atoms with E-state index in [1.165, 1.54) is 6.33 Å². The lowest BCUT2D eigenvalue weighted by molar-refractivity contribution is -0.113. The molecule has 1 aromatic heterocycles. The van der Waals surface area contributed by atoms with Gasteiger partial charge < -0.3 is 5.32 Å². The highest BCUT2D eigenvalue weighted by atomic mass is 79.9. The third kappa shape index (κ3) is 2.63. The van der Waals surface area contributed by atoms with Crippen molar-refractivity contribution in [2.75, 3.05) is 10.6 Å². The molecule has 0 aliphatic heterocycles. The summed E-state index contributed by atoms with van der Waals surface area (Å²) in [7, 11) is 0. The summed E-state index contributed by atoms with van der Waals surface area (Å²) < 4.78 is 0. The first-order chi connectivity index (χ1) is 5.33. The van der Waals surface area contributed by atoms with Crippen molar-refractivity contribution in [1.82, 2.24) is 9.97 Å². The van der Waals surface area contributed by atoms with Crippen molar-refractivity contribution in [2.24, 2.45) is 0 Å². The molecule has 0 atom stereocenters. The Bertz CT molecular complexity index is 239. The quantitative estimate of drug-likeness (QED) is 0.744. The van der Waals surface area contributed by atoms with Gasteiger partial charge >= 0.3 is 0 Å². The number of carbonyl (C=O) groups is 1. The Morgan fingerprint density at radius 2 is 2.55 bits per heavy atom. The summed E-state index contributed by atoms with van der Waals surface area (Å²) in [5.74, 6) is 0.396. The standard InChI is InChI=1S/C6H6BrN3O/c7-3-6(11)10-5-1-2-8-4-9-5/h1-2,4H,3H2,(H,8,9,10,11). The largest absolute Gasteiger partial charge is 0.310 e. The van der Waals surface area contributed by atoms with Gasteiger partial charge in [-0.1, -0.05) is 15.9 Å². The molecule has 4 nitrogen and oxygen atoms in total. The molecule has 58 valence electrons. The average Bonchev–Trinajstić information content (AvgIpc) is 2.06. The van der Waals surface area contributed by atoms with Gasteiger partial charge in [0.2, 0.25) is 5.91 Å². The lowest BCUT2D eigenvalue weighted by atomic mass is 10.5. The molecule has 1 heterocycles. The average molecular weight is 216 g/mol. The predicted molar refractivity (Wildman–Crippen MR) is 44.5 cm³/mol. The van der Waals surface area contributed by atoms with E-state index in [4.69, 9.17) is 0 Å². The number of carbonyl (C=O) groups excluding carboxylic acids is 1. The summed E-state index contributed by atoms with van der Waals surface area (Å²) in [6.45, 7) is 0. The van der Waals surface area contributed by atoms with Gasteiger partial charge in [0, 0.05) is 6.20 Å². The molecule has 11 heavy (non-hydrogen) atoms. The van der Waals surface area contributed by atoms with Gasteiger partial charge in [0.05, 0.1) is 5.33 Å². The second kappa shape index (κ2) is 4.02. The van der Waals surface area contributed by atoms with Crippen LogP contribution in [0.3, 0.4) is 0 Å². The summed E-state index contributed by atoms with van der Waals surface area (Å²) in [5.41, 5.74) is 0. The molecular formula is C6H6BrN3O. The number of amides is 1. The Kier molecular flexibility index (Phi) is 2.97. The Morgan fingerprint density at radius 3 is 3.09 bits per heavy atom. The van der Waals surface area contributed by atoms with Crippen molar-refractivity contribution in [2.45, 2.75) is 0 Å². The molecule has 0 spiro atoms. The van der Waals surface area contributed by atoms with E-state index in [0.29, 0.717) is 5.82 Å². The first-order valence-electron chi connectivity index (χ1n) is 2.95. The van der Waals surface area contributed by atoms with Crippen molar-refractivity contribution in [3.63, 3.8) is 0 Å². The van der Waals surface area contributed by atoms with Crippen LogP contribution in [0.5, 0.6) is 0 Å². The fraction of sp³-hybridized carbons (Fsp3) is 0.167. The van der Waals surface area contributed by atoms with E-state index in [-0.39, 0.29) is 11.2 Å². The number of nitrogens with one attached hydrogen (secondary N) is 1. The zero-order valence-corrected chi connectivity index (χ0v) is 7.21. The summed E-state index contributed by atoms with van der Waals surface area (Å²) in [4.78, 5) is 18.3. The molecule has 0 fully saturated rings. The molecule has 0 aliphatic carbocycles. The highest BCUT2D eigenvalue weighted by Crippen LogP contribution is 1.97. The molecule has 5 heteroatoms. The highest BCUT2D eigenvalue weighted by molar-refractivity contribution is 9.09. The number of anilines is 1. The van der Waals surface area contributed by atoms with Crippen LogP contribution in [0, 0.1) is 0 Å². The molecule has 1 aromatic rings. The van der Waals surface area contributed by atoms with E-state index in [1.54, 1.807) is 12.3 Å². The van der Waals surface area contributed by atoms with Gasteiger partial charge in [0.15, 0.2) is 0 Å². The minimum absolute atomic E-state index is 0.122. The number of halogens is 1. The third-order valence-corrected chi connectivity index (χ3v) is 1.48. The molecule has 0 aromatic carbocycles. The first kappa shape index (κ1) is 8.13. The van der Waals surface area contributed by atoms with Crippen LogP contribution in [0.25, 0.3) is 0 Å². The van der Waals surface area contributed by atoms with Crippen LogP contribution in [-0.4, -0.2) is 21.2 Å². The smallest absolute Gasteiger partial charge is 0.236 e. The van der Waals surface area contributed by atoms with Gasteiger partial charge in [-0.05, 0) is 6.07 Å². The van der Waals surface area contributed by atoms with Crippen LogP contribution in [0.2, 0.25) is 0 Å². The number of rotatable bonds is 2. The Morgan fingerprint density at radius 1 is 1.73 bits per heavy atom. The van der Waals surface area contributed by atoms with E-state index in [0.717, 1.165) is 0 Å².